The van der Waals surface area contributed by atoms with Crippen LogP contribution in [0.5, 0.6) is 5.75 Å². The zero-order valence-corrected chi connectivity index (χ0v) is 17.1. The van der Waals surface area contributed by atoms with Gasteiger partial charge in [-0.1, -0.05) is 13.0 Å². The Hall–Kier alpha value is -3.25. The van der Waals surface area contributed by atoms with Gasteiger partial charge in [-0.15, -0.1) is 0 Å². The minimum Gasteiger partial charge on any atom is -0.493 e. The van der Waals surface area contributed by atoms with Gasteiger partial charge in [-0.25, -0.2) is 8.78 Å². The van der Waals surface area contributed by atoms with E-state index < -0.39 is 11.6 Å². The normalized spacial score (nSPS) is 13.7. The van der Waals surface area contributed by atoms with Crippen molar-refractivity contribution < 1.29 is 23.4 Å². The maximum atomic E-state index is 14.0. The van der Waals surface area contributed by atoms with Crippen LogP contribution in [0.25, 0.3) is 0 Å². The van der Waals surface area contributed by atoms with E-state index in [-0.39, 0.29) is 24.0 Å². The molecule has 3 aromatic rings. The van der Waals surface area contributed by atoms with Gasteiger partial charge < -0.3 is 15.2 Å². The zero-order chi connectivity index (χ0) is 22.0. The molecule has 0 bridgehead atoms. The highest BCUT2D eigenvalue weighted by molar-refractivity contribution is 6.11. The maximum Gasteiger partial charge on any atom is 0.193 e. The predicted octanol–water partition coefficient (Wildman–Crippen LogP) is 5.05. The number of benzene rings is 3. The van der Waals surface area contributed by atoms with Crippen LogP contribution in [0.1, 0.15) is 34.0 Å². The van der Waals surface area contributed by atoms with Crippen molar-refractivity contribution in [3.05, 3.63) is 88.5 Å². The average molecular weight is 423 g/mol. The lowest BCUT2D eigenvalue weighted by molar-refractivity contribution is 0.103. The molecule has 0 radical (unpaired) electrons. The third-order valence-corrected chi connectivity index (χ3v) is 5.40. The van der Waals surface area contributed by atoms with Gasteiger partial charge in [0.15, 0.2) is 5.78 Å². The number of anilines is 2. The minimum atomic E-state index is -0.679. The topological polar surface area (TPSA) is 58.6 Å². The van der Waals surface area contributed by atoms with Crippen LogP contribution in [0.15, 0.2) is 54.6 Å². The second-order valence-electron chi connectivity index (χ2n) is 7.87. The molecule has 0 unspecified atom stereocenters. The second-order valence-corrected chi connectivity index (χ2v) is 7.87. The molecule has 2 N–H and O–H groups in total. The summed E-state index contributed by atoms with van der Waals surface area (Å²) in [5, 5.41) is 12.1. The number of ketones is 1. The Morgan fingerprint density at radius 1 is 1.00 bits per heavy atom. The molecule has 6 heteroatoms. The number of fused-ring (bicyclic) bond motifs is 2. The van der Waals surface area contributed by atoms with Crippen molar-refractivity contribution in [2.75, 3.05) is 18.5 Å². The fraction of sp³-hybridized carbons (Fsp3) is 0.240. The van der Waals surface area contributed by atoms with Crippen LogP contribution in [0.4, 0.5) is 20.2 Å². The van der Waals surface area contributed by atoms with Crippen LogP contribution in [-0.2, 0) is 12.8 Å². The van der Waals surface area contributed by atoms with Gasteiger partial charge in [-0.05, 0) is 66.4 Å². The van der Waals surface area contributed by atoms with Crippen molar-refractivity contribution in [3.63, 3.8) is 0 Å². The van der Waals surface area contributed by atoms with Crippen LogP contribution in [0, 0.1) is 17.6 Å². The first kappa shape index (κ1) is 21.0. The van der Waals surface area contributed by atoms with E-state index in [2.05, 4.69) is 5.32 Å². The number of aliphatic hydroxyl groups excluding tert-OH is 1. The number of carbonyl (C=O) groups excluding carboxylic acids is 1. The molecule has 0 spiro atoms. The number of halogens is 2. The fourth-order valence-corrected chi connectivity index (χ4v) is 3.63. The van der Waals surface area contributed by atoms with Gasteiger partial charge in [0.1, 0.15) is 17.4 Å². The van der Waals surface area contributed by atoms with E-state index in [1.54, 1.807) is 18.2 Å². The Bertz CT molecular complexity index is 1130. The van der Waals surface area contributed by atoms with Gasteiger partial charge in [0.05, 0.1) is 12.3 Å². The first-order valence-corrected chi connectivity index (χ1v) is 10.2. The molecule has 3 aromatic carbocycles. The Morgan fingerprint density at radius 2 is 1.81 bits per heavy atom. The number of hydrogen-bond acceptors (Lipinski definition) is 4. The van der Waals surface area contributed by atoms with E-state index in [1.807, 2.05) is 25.1 Å². The van der Waals surface area contributed by atoms with Crippen molar-refractivity contribution in [2.24, 2.45) is 5.92 Å². The van der Waals surface area contributed by atoms with Crippen molar-refractivity contribution in [3.8, 4) is 5.75 Å². The van der Waals surface area contributed by atoms with Gasteiger partial charge in [-0.3, -0.25) is 4.79 Å². The van der Waals surface area contributed by atoms with Crippen LogP contribution >= 0.6 is 0 Å². The van der Waals surface area contributed by atoms with E-state index in [4.69, 9.17) is 9.84 Å². The van der Waals surface area contributed by atoms with Gasteiger partial charge in [0.25, 0.3) is 0 Å². The van der Waals surface area contributed by atoms with Crippen molar-refractivity contribution >= 4 is 17.2 Å². The van der Waals surface area contributed by atoms with E-state index in [0.717, 1.165) is 17.2 Å². The number of carbonyl (C=O) groups is 1. The lowest BCUT2D eigenvalue weighted by atomic mass is 9.98. The summed E-state index contributed by atoms with van der Waals surface area (Å²) < 4.78 is 32.8. The number of hydrogen-bond donors (Lipinski definition) is 2. The number of nitrogens with one attached hydrogen (secondary N) is 1. The minimum absolute atomic E-state index is 0.00658. The maximum absolute atomic E-state index is 14.0. The van der Waals surface area contributed by atoms with Crippen molar-refractivity contribution in [1.29, 1.82) is 0 Å². The molecule has 0 aromatic heterocycles. The first-order valence-electron chi connectivity index (χ1n) is 10.2. The summed E-state index contributed by atoms with van der Waals surface area (Å²) in [4.78, 5) is 13.2. The molecule has 0 amide bonds. The molecule has 4 rings (SSSR count). The lowest BCUT2D eigenvalue weighted by Gasteiger charge is -2.13. The van der Waals surface area contributed by atoms with Gasteiger partial charge in [0.2, 0.25) is 0 Å². The van der Waals surface area contributed by atoms with Crippen molar-refractivity contribution in [1.82, 2.24) is 0 Å². The molecule has 160 valence electrons. The summed E-state index contributed by atoms with van der Waals surface area (Å²) in [6, 6.07) is 14.2. The summed E-state index contributed by atoms with van der Waals surface area (Å²) in [7, 11) is 0. The smallest absolute Gasteiger partial charge is 0.193 e. The summed E-state index contributed by atoms with van der Waals surface area (Å²) in [6.45, 7) is 2.29. The molecule has 0 saturated carbocycles. The second kappa shape index (κ2) is 8.86. The summed E-state index contributed by atoms with van der Waals surface area (Å²) in [5.74, 6) is -0.792. The standard InChI is InChI=1S/C25H23F2NO3/c1-15(13-29)14-31-20-7-4-16-2-3-17-10-19(6-8-21(17)25(30)22(16)12-20)28-24-9-5-18(26)11-23(24)27/h4-12,15,28-29H,2-3,13-14H2,1H3/t15-/m1/s1. The molecule has 0 fully saturated rings. The molecule has 0 aliphatic heterocycles. The van der Waals surface area contributed by atoms with Crippen molar-refractivity contribution in [2.45, 2.75) is 19.8 Å². The molecule has 1 atom stereocenters. The van der Waals surface area contributed by atoms with Crippen LogP contribution in [-0.4, -0.2) is 24.1 Å². The molecular formula is C25H23F2NO3. The zero-order valence-electron chi connectivity index (χ0n) is 17.1. The van der Waals surface area contributed by atoms with Crippen LogP contribution < -0.4 is 10.1 Å². The van der Waals surface area contributed by atoms with E-state index in [0.29, 0.717) is 42.0 Å². The molecular weight excluding hydrogens is 400 g/mol. The SMILES string of the molecule is C[C@H](CO)COc1ccc2c(c1)C(=O)c1ccc(Nc3ccc(F)cc3F)cc1CC2. The summed E-state index contributed by atoms with van der Waals surface area (Å²) in [6.07, 6.45) is 1.35. The monoisotopic (exact) mass is 423 g/mol. The first-order chi connectivity index (χ1) is 14.9. The van der Waals surface area contributed by atoms with Gasteiger partial charge in [-0.2, -0.15) is 0 Å². The third kappa shape index (κ3) is 4.59. The highest BCUT2D eigenvalue weighted by atomic mass is 19.1. The van der Waals surface area contributed by atoms with Gasteiger partial charge in [0, 0.05) is 35.4 Å². The Labute approximate surface area is 179 Å². The molecule has 4 nitrogen and oxygen atoms in total. The molecule has 1 aliphatic rings. The fourth-order valence-electron chi connectivity index (χ4n) is 3.63. The van der Waals surface area contributed by atoms with E-state index in [1.165, 1.54) is 12.1 Å². The Kier molecular flexibility index (Phi) is 6.00. The predicted molar refractivity (Wildman–Crippen MR) is 115 cm³/mol. The number of ether oxygens (including phenoxy) is 1. The molecule has 0 saturated heterocycles. The highest BCUT2D eigenvalue weighted by Gasteiger charge is 2.22. The Morgan fingerprint density at radius 3 is 2.58 bits per heavy atom. The average Bonchev–Trinajstić information content (AvgIpc) is 2.90. The molecule has 0 heterocycles. The molecule has 31 heavy (non-hydrogen) atoms. The van der Waals surface area contributed by atoms with Crippen LogP contribution in [0.3, 0.4) is 0 Å². The molecule has 1 aliphatic carbocycles. The van der Waals surface area contributed by atoms with Crippen LogP contribution in [0.2, 0.25) is 0 Å². The summed E-state index contributed by atoms with van der Waals surface area (Å²) in [5.41, 5.74) is 3.82. The number of aliphatic hydroxyl groups is 1. The summed E-state index contributed by atoms with van der Waals surface area (Å²) >= 11 is 0. The van der Waals surface area contributed by atoms with E-state index >= 15 is 0 Å². The number of rotatable bonds is 6. The quantitative estimate of drug-likeness (QED) is 0.583. The van der Waals surface area contributed by atoms with Gasteiger partial charge >= 0.3 is 0 Å². The largest absolute Gasteiger partial charge is 0.493 e. The third-order valence-electron chi connectivity index (χ3n) is 5.40. The Balaban J connectivity index is 1.58. The highest BCUT2D eigenvalue weighted by Crippen LogP contribution is 2.30. The number of aryl methyl sites for hydroxylation is 2. The lowest BCUT2D eigenvalue weighted by Crippen LogP contribution is -2.12. The van der Waals surface area contributed by atoms with E-state index in [9.17, 15) is 13.6 Å².